The van der Waals surface area contributed by atoms with Gasteiger partial charge < -0.3 is 20.3 Å². The van der Waals surface area contributed by atoms with E-state index >= 15 is 0 Å². The maximum absolute atomic E-state index is 6.29. The highest BCUT2D eigenvalue weighted by Gasteiger charge is 2.25. The summed E-state index contributed by atoms with van der Waals surface area (Å²) >= 11 is 0. The van der Waals surface area contributed by atoms with Crippen LogP contribution in [0.15, 0.2) is 18.2 Å². The first-order valence-electron chi connectivity index (χ1n) is 9.97. The molecule has 0 atom stereocenters. The Hall–Kier alpha value is -1.26. The highest BCUT2D eigenvalue weighted by atomic mass is 16.5. The first-order chi connectivity index (χ1) is 12.0. The van der Waals surface area contributed by atoms with Crippen molar-refractivity contribution >= 4 is 11.4 Å². The number of rotatable bonds is 6. The lowest BCUT2D eigenvalue weighted by Crippen LogP contribution is -2.34. The third-order valence-corrected chi connectivity index (χ3v) is 5.92. The van der Waals surface area contributed by atoms with Gasteiger partial charge in [0.15, 0.2) is 0 Å². The SMILES string of the molecule is CC1CCN(c2cc(C(C)(C)OCCN3CCCC3)ccc2N)CC1. The molecule has 4 heteroatoms. The number of nitrogens with two attached hydrogens (primary N) is 1. The number of benzene rings is 1. The van der Waals surface area contributed by atoms with E-state index in [0.29, 0.717) is 0 Å². The van der Waals surface area contributed by atoms with Crippen LogP contribution in [-0.4, -0.2) is 44.2 Å². The van der Waals surface area contributed by atoms with E-state index in [-0.39, 0.29) is 5.60 Å². The van der Waals surface area contributed by atoms with E-state index in [1.165, 1.54) is 50.0 Å². The lowest BCUT2D eigenvalue weighted by molar-refractivity contribution is -0.0287. The van der Waals surface area contributed by atoms with E-state index in [0.717, 1.165) is 37.8 Å². The lowest BCUT2D eigenvalue weighted by atomic mass is 9.95. The predicted molar refractivity (Wildman–Crippen MR) is 106 cm³/mol. The second kappa shape index (κ2) is 7.96. The minimum absolute atomic E-state index is 0.286. The first kappa shape index (κ1) is 18.5. The molecule has 2 fully saturated rings. The lowest BCUT2D eigenvalue weighted by Gasteiger charge is -2.34. The summed E-state index contributed by atoms with van der Waals surface area (Å²) in [6, 6.07) is 6.43. The van der Waals surface area contributed by atoms with E-state index in [2.05, 4.69) is 42.7 Å². The van der Waals surface area contributed by atoms with Crippen LogP contribution in [0.1, 0.15) is 52.0 Å². The first-order valence-corrected chi connectivity index (χ1v) is 9.97. The van der Waals surface area contributed by atoms with Crippen LogP contribution in [0.2, 0.25) is 0 Å². The summed E-state index contributed by atoms with van der Waals surface area (Å²) in [6.07, 6.45) is 5.16. The summed E-state index contributed by atoms with van der Waals surface area (Å²) in [5, 5.41) is 0. The quantitative estimate of drug-likeness (QED) is 0.795. The average Bonchev–Trinajstić information content (AvgIpc) is 3.09. The van der Waals surface area contributed by atoms with E-state index in [4.69, 9.17) is 10.5 Å². The Labute approximate surface area is 153 Å². The highest BCUT2D eigenvalue weighted by molar-refractivity contribution is 5.69. The second-order valence-electron chi connectivity index (χ2n) is 8.35. The molecule has 4 nitrogen and oxygen atoms in total. The molecule has 2 aliphatic heterocycles. The van der Waals surface area contributed by atoms with Gasteiger partial charge in [-0.25, -0.2) is 0 Å². The molecular weight excluding hydrogens is 310 g/mol. The van der Waals surface area contributed by atoms with Gasteiger partial charge in [0, 0.05) is 19.6 Å². The Morgan fingerprint density at radius 2 is 1.80 bits per heavy atom. The molecule has 0 aromatic heterocycles. The molecular formula is C21H35N3O. The maximum atomic E-state index is 6.29. The molecule has 0 bridgehead atoms. The standard InChI is InChI=1S/C21H35N3O/c1-17-8-12-24(13-9-17)20-16-18(6-7-19(20)22)21(2,3)25-15-14-23-10-4-5-11-23/h6-7,16-17H,4-5,8-15,22H2,1-3H3. The van der Waals surface area contributed by atoms with E-state index in [9.17, 15) is 0 Å². The number of anilines is 2. The smallest absolute Gasteiger partial charge is 0.0876 e. The van der Waals surface area contributed by atoms with Gasteiger partial charge in [0.2, 0.25) is 0 Å². The molecule has 1 aromatic rings. The topological polar surface area (TPSA) is 41.7 Å². The van der Waals surface area contributed by atoms with Crippen molar-refractivity contribution < 1.29 is 4.74 Å². The number of nitrogens with zero attached hydrogens (tertiary/aromatic N) is 2. The van der Waals surface area contributed by atoms with Crippen molar-refractivity contribution in [1.29, 1.82) is 0 Å². The van der Waals surface area contributed by atoms with Crippen LogP contribution in [-0.2, 0) is 10.3 Å². The van der Waals surface area contributed by atoms with Gasteiger partial charge in [-0.15, -0.1) is 0 Å². The monoisotopic (exact) mass is 345 g/mol. The van der Waals surface area contributed by atoms with Gasteiger partial charge in [-0.2, -0.15) is 0 Å². The number of hydrogen-bond donors (Lipinski definition) is 1. The van der Waals surface area contributed by atoms with Crippen molar-refractivity contribution in [3.63, 3.8) is 0 Å². The molecule has 1 aromatic carbocycles. The summed E-state index contributed by atoms with van der Waals surface area (Å²) in [6.45, 7) is 13.2. The summed E-state index contributed by atoms with van der Waals surface area (Å²) in [5.74, 6) is 0.825. The molecule has 0 aliphatic carbocycles. The number of nitrogen functional groups attached to an aromatic ring is 1. The fourth-order valence-electron chi connectivity index (χ4n) is 3.96. The zero-order chi connectivity index (χ0) is 17.9. The van der Waals surface area contributed by atoms with Crippen LogP contribution in [0.25, 0.3) is 0 Å². The van der Waals surface area contributed by atoms with Crippen molar-refractivity contribution in [2.75, 3.05) is 50.0 Å². The minimum atomic E-state index is -0.286. The summed E-state index contributed by atoms with van der Waals surface area (Å²) in [4.78, 5) is 4.94. The zero-order valence-corrected chi connectivity index (χ0v) is 16.3. The molecule has 2 heterocycles. The van der Waals surface area contributed by atoms with Gasteiger partial charge >= 0.3 is 0 Å². The van der Waals surface area contributed by atoms with Crippen LogP contribution in [0, 0.1) is 5.92 Å². The van der Waals surface area contributed by atoms with Gasteiger partial charge in [0.1, 0.15) is 0 Å². The Bertz CT molecular complexity index is 558. The van der Waals surface area contributed by atoms with Crippen LogP contribution < -0.4 is 10.6 Å². The maximum Gasteiger partial charge on any atom is 0.0876 e. The van der Waals surface area contributed by atoms with Crippen LogP contribution in [0.3, 0.4) is 0 Å². The summed E-state index contributed by atoms with van der Waals surface area (Å²) in [5.41, 5.74) is 9.29. The molecule has 0 saturated carbocycles. The van der Waals surface area contributed by atoms with E-state index in [1.54, 1.807) is 0 Å². The molecule has 140 valence electrons. The van der Waals surface area contributed by atoms with Crippen LogP contribution in [0.4, 0.5) is 11.4 Å². The second-order valence-corrected chi connectivity index (χ2v) is 8.35. The Morgan fingerprint density at radius 3 is 2.48 bits per heavy atom. The third-order valence-electron chi connectivity index (χ3n) is 5.92. The average molecular weight is 346 g/mol. The Morgan fingerprint density at radius 1 is 1.12 bits per heavy atom. The van der Waals surface area contributed by atoms with Gasteiger partial charge in [-0.05, 0) is 76.2 Å². The number of likely N-dealkylation sites (tertiary alicyclic amines) is 1. The van der Waals surface area contributed by atoms with Crippen LogP contribution >= 0.6 is 0 Å². The van der Waals surface area contributed by atoms with Crippen molar-refractivity contribution in [3.05, 3.63) is 23.8 Å². The predicted octanol–water partition coefficient (Wildman–Crippen LogP) is 3.85. The van der Waals surface area contributed by atoms with Crippen molar-refractivity contribution in [2.24, 2.45) is 5.92 Å². The minimum Gasteiger partial charge on any atom is -0.397 e. The molecule has 0 radical (unpaired) electrons. The van der Waals surface area contributed by atoms with Crippen molar-refractivity contribution in [3.8, 4) is 0 Å². The fraction of sp³-hybridized carbons (Fsp3) is 0.714. The molecule has 2 saturated heterocycles. The van der Waals surface area contributed by atoms with Crippen molar-refractivity contribution in [2.45, 2.75) is 52.1 Å². The highest BCUT2D eigenvalue weighted by Crippen LogP contribution is 2.34. The Kier molecular flexibility index (Phi) is 5.90. The fourth-order valence-corrected chi connectivity index (χ4v) is 3.96. The van der Waals surface area contributed by atoms with Gasteiger partial charge in [0.25, 0.3) is 0 Å². The van der Waals surface area contributed by atoms with Crippen molar-refractivity contribution in [1.82, 2.24) is 4.90 Å². The van der Waals surface area contributed by atoms with Gasteiger partial charge in [0.05, 0.1) is 23.6 Å². The zero-order valence-electron chi connectivity index (χ0n) is 16.3. The normalized spacial score (nSPS) is 20.4. The molecule has 0 spiro atoms. The number of hydrogen-bond acceptors (Lipinski definition) is 4. The molecule has 25 heavy (non-hydrogen) atoms. The van der Waals surface area contributed by atoms with Gasteiger partial charge in [-0.1, -0.05) is 13.0 Å². The van der Waals surface area contributed by atoms with E-state index in [1.807, 2.05) is 6.07 Å². The summed E-state index contributed by atoms with van der Waals surface area (Å²) < 4.78 is 6.28. The number of ether oxygens (including phenoxy) is 1. The number of piperidine rings is 1. The molecule has 2 aliphatic rings. The van der Waals surface area contributed by atoms with Crippen LogP contribution in [0.5, 0.6) is 0 Å². The molecule has 0 amide bonds. The molecule has 0 unspecified atom stereocenters. The Balaban J connectivity index is 1.64. The van der Waals surface area contributed by atoms with Gasteiger partial charge in [-0.3, -0.25) is 0 Å². The van der Waals surface area contributed by atoms with E-state index < -0.39 is 0 Å². The largest absolute Gasteiger partial charge is 0.397 e. The summed E-state index contributed by atoms with van der Waals surface area (Å²) in [7, 11) is 0. The molecule has 3 rings (SSSR count). The third kappa shape index (κ3) is 4.68. The molecule has 2 N–H and O–H groups in total.